The molecule has 2 rings (SSSR count). The molecule has 3 heteroatoms. The first kappa shape index (κ1) is 9.46. The molecule has 2 heterocycles. The van der Waals surface area contributed by atoms with Crippen LogP contribution in [-0.2, 0) is 6.54 Å². The van der Waals surface area contributed by atoms with Gasteiger partial charge >= 0.3 is 0 Å². The van der Waals surface area contributed by atoms with E-state index in [4.69, 9.17) is 0 Å². The van der Waals surface area contributed by atoms with Gasteiger partial charge < -0.3 is 4.57 Å². The van der Waals surface area contributed by atoms with Gasteiger partial charge in [-0.2, -0.15) is 0 Å². The topological polar surface area (TPSA) is 17.8 Å². The van der Waals surface area contributed by atoms with Crippen LogP contribution in [0.15, 0.2) is 17.8 Å². The second-order valence-electron chi connectivity index (χ2n) is 3.58. The number of hydrogen-bond donors (Lipinski definition) is 0. The molecule has 2 nitrogen and oxygen atoms in total. The molecule has 0 aliphatic carbocycles. The zero-order chi connectivity index (χ0) is 10.1. The van der Waals surface area contributed by atoms with Crippen molar-refractivity contribution in [1.29, 1.82) is 0 Å². The molecular formula is C11H14N2S. The number of nitrogens with zero attached hydrogens (tertiary/aromatic N) is 2. The number of hydrogen-bond acceptors (Lipinski definition) is 2. The van der Waals surface area contributed by atoms with Crippen LogP contribution in [-0.4, -0.2) is 9.55 Å². The van der Waals surface area contributed by atoms with Crippen LogP contribution < -0.4 is 0 Å². The normalized spacial score (nSPS) is 10.8. The lowest BCUT2D eigenvalue weighted by atomic mass is 10.2. The Kier molecular flexibility index (Phi) is 2.42. The molecule has 0 N–H and O–H groups in total. The lowest BCUT2D eigenvalue weighted by molar-refractivity contribution is 0.766. The molecule has 0 aliphatic heterocycles. The van der Waals surface area contributed by atoms with Crippen molar-refractivity contribution >= 4 is 11.3 Å². The molecule has 0 aromatic carbocycles. The molecule has 0 radical (unpaired) electrons. The average molecular weight is 206 g/mol. The van der Waals surface area contributed by atoms with Gasteiger partial charge in [-0.1, -0.05) is 0 Å². The lowest BCUT2D eigenvalue weighted by Crippen LogP contribution is -1.99. The second kappa shape index (κ2) is 3.58. The van der Waals surface area contributed by atoms with Crippen LogP contribution in [0.4, 0.5) is 0 Å². The maximum Gasteiger partial charge on any atom is 0.112 e. The van der Waals surface area contributed by atoms with E-state index >= 15 is 0 Å². The van der Waals surface area contributed by atoms with E-state index in [9.17, 15) is 0 Å². The van der Waals surface area contributed by atoms with E-state index in [1.165, 1.54) is 21.8 Å². The van der Waals surface area contributed by atoms with Crippen molar-refractivity contribution < 1.29 is 0 Å². The number of aromatic nitrogens is 2. The molecular weight excluding hydrogens is 192 g/mol. The van der Waals surface area contributed by atoms with Gasteiger partial charge in [-0.25, -0.2) is 4.98 Å². The van der Waals surface area contributed by atoms with E-state index in [0.29, 0.717) is 0 Å². The fourth-order valence-electron chi connectivity index (χ4n) is 1.57. The van der Waals surface area contributed by atoms with E-state index in [-0.39, 0.29) is 0 Å². The maximum atomic E-state index is 4.29. The van der Waals surface area contributed by atoms with E-state index in [0.717, 1.165) is 6.54 Å². The smallest absolute Gasteiger partial charge is 0.112 e. The molecule has 0 bridgehead atoms. The summed E-state index contributed by atoms with van der Waals surface area (Å²) in [7, 11) is 0. The molecule has 0 saturated heterocycles. The molecule has 0 aliphatic rings. The molecule has 14 heavy (non-hydrogen) atoms. The van der Waals surface area contributed by atoms with Crippen molar-refractivity contribution in [3.63, 3.8) is 0 Å². The highest BCUT2D eigenvalue weighted by molar-refractivity contribution is 7.09. The minimum Gasteiger partial charge on any atom is -0.344 e. The average Bonchev–Trinajstić information content (AvgIpc) is 2.73. The molecule has 0 saturated carbocycles. The highest BCUT2D eigenvalue weighted by Gasteiger charge is 2.06. The number of aryl methyl sites for hydroxylation is 1. The summed E-state index contributed by atoms with van der Waals surface area (Å²) >= 11 is 1.71. The number of rotatable bonds is 2. The van der Waals surface area contributed by atoms with Crippen LogP contribution in [0.1, 0.15) is 21.8 Å². The summed E-state index contributed by atoms with van der Waals surface area (Å²) in [6.07, 6.45) is 4.06. The van der Waals surface area contributed by atoms with Gasteiger partial charge in [0.05, 0.1) is 6.54 Å². The lowest BCUT2D eigenvalue weighted by Gasteiger charge is -2.03. The third-order valence-electron chi connectivity index (χ3n) is 2.70. The fourth-order valence-corrected chi connectivity index (χ4v) is 2.18. The van der Waals surface area contributed by atoms with Gasteiger partial charge in [0.1, 0.15) is 5.01 Å². The summed E-state index contributed by atoms with van der Waals surface area (Å²) in [5.41, 5.74) is 4.10. The molecule has 2 aromatic heterocycles. The Balaban J connectivity index is 2.30. The standard InChI is InChI=1S/C11H14N2S/c1-8-6-13(10(3)9(8)2)7-11-12-4-5-14-11/h4-6H,7H2,1-3H3. The SMILES string of the molecule is Cc1cn(Cc2nccs2)c(C)c1C. The first-order valence-corrected chi connectivity index (χ1v) is 5.57. The van der Waals surface area contributed by atoms with Crippen molar-refractivity contribution in [2.75, 3.05) is 0 Å². The van der Waals surface area contributed by atoms with Crippen LogP contribution in [0.3, 0.4) is 0 Å². The maximum absolute atomic E-state index is 4.29. The van der Waals surface area contributed by atoms with Crippen molar-refractivity contribution in [1.82, 2.24) is 9.55 Å². The molecule has 0 atom stereocenters. The molecule has 2 aromatic rings. The van der Waals surface area contributed by atoms with Gasteiger partial charge in [0.25, 0.3) is 0 Å². The largest absolute Gasteiger partial charge is 0.344 e. The Labute approximate surface area is 88.2 Å². The first-order chi connectivity index (χ1) is 6.68. The quantitative estimate of drug-likeness (QED) is 0.738. The van der Waals surface area contributed by atoms with E-state index in [2.05, 4.69) is 36.5 Å². The van der Waals surface area contributed by atoms with Crippen LogP contribution in [0.25, 0.3) is 0 Å². The van der Waals surface area contributed by atoms with Crippen molar-refractivity contribution in [2.24, 2.45) is 0 Å². The number of thiazole rings is 1. The van der Waals surface area contributed by atoms with Gasteiger partial charge in [0.2, 0.25) is 0 Å². The van der Waals surface area contributed by atoms with E-state index < -0.39 is 0 Å². The summed E-state index contributed by atoms with van der Waals surface area (Å²) < 4.78 is 2.27. The van der Waals surface area contributed by atoms with E-state index in [1.807, 2.05) is 11.6 Å². The predicted molar refractivity (Wildman–Crippen MR) is 59.9 cm³/mol. The van der Waals surface area contributed by atoms with Crippen LogP contribution in [0, 0.1) is 20.8 Å². The predicted octanol–water partition coefficient (Wildman–Crippen LogP) is 2.92. The van der Waals surface area contributed by atoms with Gasteiger partial charge in [0, 0.05) is 23.5 Å². The molecule has 0 amide bonds. The molecule has 0 fully saturated rings. The van der Waals surface area contributed by atoms with Crippen molar-refractivity contribution in [2.45, 2.75) is 27.3 Å². The molecule has 0 spiro atoms. The Morgan fingerprint density at radius 2 is 2.14 bits per heavy atom. The molecule has 0 unspecified atom stereocenters. The second-order valence-corrected chi connectivity index (χ2v) is 4.56. The zero-order valence-electron chi connectivity index (χ0n) is 8.74. The zero-order valence-corrected chi connectivity index (χ0v) is 9.56. The van der Waals surface area contributed by atoms with Crippen molar-refractivity contribution in [3.8, 4) is 0 Å². The summed E-state index contributed by atoms with van der Waals surface area (Å²) in [4.78, 5) is 4.29. The monoisotopic (exact) mass is 206 g/mol. The summed E-state index contributed by atoms with van der Waals surface area (Å²) in [6.45, 7) is 7.39. The fraction of sp³-hybridized carbons (Fsp3) is 0.364. The highest BCUT2D eigenvalue weighted by Crippen LogP contribution is 2.16. The van der Waals surface area contributed by atoms with Crippen molar-refractivity contribution in [3.05, 3.63) is 39.6 Å². The minimum absolute atomic E-state index is 0.901. The summed E-state index contributed by atoms with van der Waals surface area (Å²) in [5.74, 6) is 0. The van der Waals surface area contributed by atoms with E-state index in [1.54, 1.807) is 11.3 Å². The third-order valence-corrected chi connectivity index (χ3v) is 3.47. The van der Waals surface area contributed by atoms with Crippen LogP contribution in [0.2, 0.25) is 0 Å². The molecule has 74 valence electrons. The Hall–Kier alpha value is -1.09. The third kappa shape index (κ3) is 1.60. The summed E-state index contributed by atoms with van der Waals surface area (Å²) in [5, 5.41) is 3.19. The Bertz CT molecular complexity index is 426. The van der Waals surface area contributed by atoms with Gasteiger partial charge in [-0.3, -0.25) is 0 Å². The van der Waals surface area contributed by atoms with Crippen LogP contribution in [0.5, 0.6) is 0 Å². The van der Waals surface area contributed by atoms with Crippen LogP contribution >= 0.6 is 11.3 Å². The highest BCUT2D eigenvalue weighted by atomic mass is 32.1. The minimum atomic E-state index is 0.901. The van der Waals surface area contributed by atoms with Gasteiger partial charge in [-0.15, -0.1) is 11.3 Å². The Morgan fingerprint density at radius 3 is 2.64 bits per heavy atom. The van der Waals surface area contributed by atoms with Gasteiger partial charge in [0.15, 0.2) is 0 Å². The summed E-state index contributed by atoms with van der Waals surface area (Å²) in [6, 6.07) is 0. The van der Waals surface area contributed by atoms with Gasteiger partial charge in [-0.05, 0) is 31.9 Å². The first-order valence-electron chi connectivity index (χ1n) is 4.70. The Morgan fingerprint density at radius 1 is 1.36 bits per heavy atom.